The molecule has 0 aromatic heterocycles. The first-order valence-corrected chi connectivity index (χ1v) is 5.13. The third kappa shape index (κ3) is 1.69. The molecule has 1 unspecified atom stereocenters. The van der Waals surface area contributed by atoms with Crippen LogP contribution in [0.5, 0.6) is 0 Å². The van der Waals surface area contributed by atoms with Crippen molar-refractivity contribution in [2.24, 2.45) is 0 Å². The van der Waals surface area contributed by atoms with Gasteiger partial charge in [-0.05, 0) is 16.7 Å². The third-order valence-corrected chi connectivity index (χ3v) is 2.82. The lowest BCUT2D eigenvalue weighted by Gasteiger charge is -1.84. The summed E-state index contributed by atoms with van der Waals surface area (Å²) in [5.74, 6) is 0. The van der Waals surface area contributed by atoms with Crippen molar-refractivity contribution in [3.63, 3.8) is 0 Å². The van der Waals surface area contributed by atoms with Gasteiger partial charge in [0.1, 0.15) is 0 Å². The highest BCUT2D eigenvalue weighted by molar-refractivity contribution is 7.80. The van der Waals surface area contributed by atoms with E-state index in [9.17, 15) is 4.57 Å². The molecule has 0 saturated carbocycles. The Morgan fingerprint density at radius 1 is 1.30 bits per heavy atom. The van der Waals surface area contributed by atoms with Crippen molar-refractivity contribution in [3.8, 4) is 0 Å². The SMILES string of the molecule is O=[P+](Cl)c1ccccc1Cl. The van der Waals surface area contributed by atoms with Gasteiger partial charge in [0.25, 0.3) is 0 Å². The van der Waals surface area contributed by atoms with Crippen molar-refractivity contribution in [1.82, 2.24) is 0 Å². The van der Waals surface area contributed by atoms with Gasteiger partial charge >= 0.3 is 7.15 Å². The first-order valence-electron chi connectivity index (χ1n) is 2.59. The van der Waals surface area contributed by atoms with E-state index >= 15 is 0 Å². The maximum absolute atomic E-state index is 10.7. The molecule has 0 radical (unpaired) electrons. The van der Waals surface area contributed by atoms with Crippen molar-refractivity contribution < 1.29 is 4.57 Å². The van der Waals surface area contributed by atoms with Gasteiger partial charge in [-0.25, -0.2) is 0 Å². The zero-order valence-corrected chi connectivity index (χ0v) is 7.33. The minimum Gasteiger partial charge on any atom is -0.0793 e. The molecule has 1 rings (SSSR count). The number of benzene rings is 1. The van der Waals surface area contributed by atoms with E-state index in [-0.39, 0.29) is 0 Å². The second-order valence-electron chi connectivity index (χ2n) is 1.70. The van der Waals surface area contributed by atoms with E-state index in [1.54, 1.807) is 24.3 Å². The van der Waals surface area contributed by atoms with E-state index in [0.29, 0.717) is 10.3 Å². The second-order valence-corrected chi connectivity index (χ2v) is 4.00. The average molecular weight is 194 g/mol. The number of halogens is 2. The molecule has 1 aromatic rings. The van der Waals surface area contributed by atoms with Crippen LogP contribution in [0, 0.1) is 0 Å². The van der Waals surface area contributed by atoms with Crippen molar-refractivity contribution in [2.75, 3.05) is 0 Å². The summed E-state index contributed by atoms with van der Waals surface area (Å²) in [6.07, 6.45) is 0. The van der Waals surface area contributed by atoms with Gasteiger partial charge in [-0.1, -0.05) is 23.7 Å². The molecule has 0 saturated heterocycles. The zero-order valence-electron chi connectivity index (χ0n) is 4.92. The van der Waals surface area contributed by atoms with Crippen molar-refractivity contribution in [2.45, 2.75) is 0 Å². The fourth-order valence-electron chi connectivity index (χ4n) is 0.594. The lowest BCUT2D eigenvalue weighted by molar-refractivity contribution is 0.600. The van der Waals surface area contributed by atoms with Crippen molar-refractivity contribution in [3.05, 3.63) is 29.3 Å². The molecule has 0 aliphatic carbocycles. The molecule has 0 aliphatic heterocycles. The topological polar surface area (TPSA) is 17.1 Å². The quantitative estimate of drug-likeness (QED) is 0.628. The molecule has 0 bridgehead atoms. The minimum atomic E-state index is -1.83. The van der Waals surface area contributed by atoms with Crippen LogP contribution in [0.1, 0.15) is 0 Å². The van der Waals surface area contributed by atoms with Gasteiger partial charge < -0.3 is 0 Å². The van der Waals surface area contributed by atoms with Crippen LogP contribution in [0.2, 0.25) is 5.02 Å². The van der Waals surface area contributed by atoms with E-state index in [4.69, 9.17) is 22.8 Å². The molecule has 0 N–H and O–H groups in total. The van der Waals surface area contributed by atoms with Crippen LogP contribution in [0.15, 0.2) is 24.3 Å². The fourth-order valence-corrected chi connectivity index (χ4v) is 1.98. The summed E-state index contributed by atoms with van der Waals surface area (Å²) in [7, 11) is -1.83. The molecular weight excluding hydrogens is 190 g/mol. The zero-order chi connectivity index (χ0) is 7.56. The number of hydrogen-bond donors (Lipinski definition) is 0. The third-order valence-electron chi connectivity index (χ3n) is 1.04. The molecule has 0 aliphatic rings. The Morgan fingerprint density at radius 2 is 1.90 bits per heavy atom. The fraction of sp³-hybridized carbons (Fsp3) is 0. The normalized spacial score (nSPS) is 11.2. The van der Waals surface area contributed by atoms with Gasteiger partial charge in [0.05, 0.1) is 5.02 Å². The first-order chi connectivity index (χ1) is 4.72. The Labute approximate surface area is 69.5 Å². The average Bonchev–Trinajstić information content (AvgIpc) is 1.88. The lowest BCUT2D eigenvalue weighted by Crippen LogP contribution is -1.93. The second kappa shape index (κ2) is 3.34. The minimum absolute atomic E-state index is 0.457. The molecule has 4 heteroatoms. The van der Waals surface area contributed by atoms with Gasteiger partial charge in [0, 0.05) is 0 Å². The highest BCUT2D eigenvalue weighted by Crippen LogP contribution is 2.28. The van der Waals surface area contributed by atoms with E-state index < -0.39 is 7.15 Å². The predicted octanol–water partition coefficient (Wildman–Crippen LogP) is 2.95. The van der Waals surface area contributed by atoms with Crippen LogP contribution in [0.25, 0.3) is 0 Å². The molecule has 1 atom stereocenters. The van der Waals surface area contributed by atoms with Gasteiger partial charge in [0.2, 0.25) is 16.5 Å². The summed E-state index contributed by atoms with van der Waals surface area (Å²) in [5, 5.41) is 0.958. The molecule has 0 amide bonds. The largest absolute Gasteiger partial charge is 0.495 e. The van der Waals surface area contributed by atoms with Gasteiger partial charge in [-0.15, -0.1) is 0 Å². The summed E-state index contributed by atoms with van der Waals surface area (Å²) in [4.78, 5) is 0. The maximum atomic E-state index is 10.7. The standard InChI is InChI=1S/C6H4Cl2OP/c7-5-3-1-2-4-6(5)10(8)9/h1-4H/q+1. The molecule has 0 fully saturated rings. The summed E-state index contributed by atoms with van der Waals surface area (Å²) >= 11 is 11.0. The van der Waals surface area contributed by atoms with Crippen molar-refractivity contribution >= 4 is 35.3 Å². The Morgan fingerprint density at radius 3 is 2.30 bits per heavy atom. The Hall–Kier alpha value is -0.100. The molecule has 1 nitrogen and oxygen atoms in total. The van der Waals surface area contributed by atoms with E-state index in [2.05, 4.69) is 0 Å². The Balaban J connectivity index is 3.15. The van der Waals surface area contributed by atoms with E-state index in [1.165, 1.54) is 0 Å². The summed E-state index contributed by atoms with van der Waals surface area (Å²) in [6.45, 7) is 0. The summed E-state index contributed by atoms with van der Waals surface area (Å²) in [5.41, 5.74) is 0. The summed E-state index contributed by atoms with van der Waals surface area (Å²) in [6, 6.07) is 6.82. The molecular formula is C6H4Cl2OP+. The van der Waals surface area contributed by atoms with E-state index in [0.717, 1.165) is 0 Å². The highest BCUT2D eigenvalue weighted by Gasteiger charge is 2.19. The van der Waals surface area contributed by atoms with E-state index in [1.807, 2.05) is 0 Å². The van der Waals surface area contributed by atoms with Crippen LogP contribution in [0.3, 0.4) is 0 Å². The lowest BCUT2D eigenvalue weighted by atomic mass is 10.4. The Bertz CT molecular complexity index is 262. The van der Waals surface area contributed by atoms with Crippen LogP contribution in [-0.4, -0.2) is 0 Å². The van der Waals surface area contributed by atoms with Crippen LogP contribution in [-0.2, 0) is 4.57 Å². The van der Waals surface area contributed by atoms with Crippen LogP contribution >= 0.6 is 30.0 Å². The number of hydrogen-bond acceptors (Lipinski definition) is 1. The maximum Gasteiger partial charge on any atom is 0.495 e. The van der Waals surface area contributed by atoms with Crippen molar-refractivity contribution in [1.29, 1.82) is 0 Å². The van der Waals surface area contributed by atoms with Gasteiger partial charge in [-0.2, -0.15) is 0 Å². The molecule has 0 spiro atoms. The van der Waals surface area contributed by atoms with Crippen LogP contribution < -0.4 is 5.30 Å². The molecule has 0 heterocycles. The Kier molecular flexibility index (Phi) is 2.67. The van der Waals surface area contributed by atoms with Gasteiger partial charge in [0.15, 0.2) is 0 Å². The van der Waals surface area contributed by atoms with Crippen LogP contribution in [0.4, 0.5) is 0 Å². The molecule has 10 heavy (non-hydrogen) atoms. The summed E-state index contributed by atoms with van der Waals surface area (Å²) < 4.78 is 10.7. The molecule has 1 aromatic carbocycles. The smallest absolute Gasteiger partial charge is 0.0793 e. The number of rotatable bonds is 1. The highest BCUT2D eigenvalue weighted by atomic mass is 35.7. The first kappa shape index (κ1) is 8.00. The van der Waals surface area contributed by atoms with Gasteiger partial charge in [-0.3, -0.25) is 0 Å². The predicted molar refractivity (Wildman–Crippen MR) is 44.5 cm³/mol. The molecule has 52 valence electrons. The monoisotopic (exact) mass is 193 g/mol.